The molecule has 2 aliphatic heterocycles. The molecule has 0 aromatic heterocycles. The maximum Gasteiger partial charge on any atom is 0.322 e. The van der Waals surface area contributed by atoms with E-state index in [4.69, 9.17) is 9.47 Å². The molecule has 0 aliphatic carbocycles. The van der Waals surface area contributed by atoms with Crippen LogP contribution in [-0.4, -0.2) is 30.7 Å². The summed E-state index contributed by atoms with van der Waals surface area (Å²) >= 11 is 0. The van der Waals surface area contributed by atoms with Crippen molar-refractivity contribution in [3.05, 3.63) is 53.6 Å². The van der Waals surface area contributed by atoms with Crippen molar-refractivity contribution in [1.82, 2.24) is 4.90 Å². The number of hydrogen-bond acceptors (Lipinski definition) is 3. The van der Waals surface area contributed by atoms with Crippen LogP contribution in [0.1, 0.15) is 17.5 Å². The molecule has 2 amide bonds. The fraction of sp³-hybridized carbons (Fsp3) is 0.316. The highest BCUT2D eigenvalue weighted by molar-refractivity contribution is 5.90. The molecule has 2 aromatic carbocycles. The number of benzene rings is 2. The maximum absolute atomic E-state index is 12.6. The molecule has 0 fully saturated rings. The monoisotopic (exact) mass is 324 g/mol. The first-order chi connectivity index (χ1) is 11.8. The van der Waals surface area contributed by atoms with E-state index in [9.17, 15) is 4.79 Å². The van der Waals surface area contributed by atoms with Crippen LogP contribution in [-0.2, 0) is 13.0 Å². The molecule has 2 aliphatic rings. The maximum atomic E-state index is 12.6. The van der Waals surface area contributed by atoms with Crippen LogP contribution in [0.25, 0.3) is 0 Å². The van der Waals surface area contributed by atoms with Gasteiger partial charge < -0.3 is 19.7 Å². The Morgan fingerprint density at radius 1 is 1.00 bits per heavy atom. The highest BCUT2D eigenvalue weighted by Gasteiger charge is 2.21. The number of hydrogen-bond donors (Lipinski definition) is 1. The predicted molar refractivity (Wildman–Crippen MR) is 91.6 cm³/mol. The average Bonchev–Trinajstić information content (AvgIpc) is 2.86. The lowest BCUT2D eigenvalue weighted by Crippen LogP contribution is -2.38. The molecular formula is C19H20N2O3. The Balaban J connectivity index is 1.46. The van der Waals surface area contributed by atoms with Crippen LogP contribution in [0.3, 0.4) is 0 Å². The largest absolute Gasteiger partial charge is 0.490 e. The number of urea groups is 1. The summed E-state index contributed by atoms with van der Waals surface area (Å²) in [6, 6.07) is 13.7. The first kappa shape index (κ1) is 14.9. The molecule has 2 aromatic rings. The summed E-state index contributed by atoms with van der Waals surface area (Å²) in [6.45, 7) is 2.67. The smallest absolute Gasteiger partial charge is 0.322 e. The van der Waals surface area contributed by atoms with Crippen molar-refractivity contribution in [2.24, 2.45) is 0 Å². The van der Waals surface area contributed by atoms with Crippen LogP contribution in [0, 0.1) is 0 Å². The minimum Gasteiger partial charge on any atom is -0.490 e. The van der Waals surface area contributed by atoms with Gasteiger partial charge in [0.25, 0.3) is 0 Å². The summed E-state index contributed by atoms with van der Waals surface area (Å²) in [4.78, 5) is 14.4. The van der Waals surface area contributed by atoms with Gasteiger partial charge in [-0.25, -0.2) is 4.79 Å². The predicted octanol–water partition coefficient (Wildman–Crippen LogP) is 3.44. The Morgan fingerprint density at radius 2 is 1.79 bits per heavy atom. The second-order valence-electron chi connectivity index (χ2n) is 6.08. The van der Waals surface area contributed by atoms with Crippen molar-refractivity contribution in [3.8, 4) is 11.5 Å². The van der Waals surface area contributed by atoms with Crippen LogP contribution < -0.4 is 14.8 Å². The molecule has 0 spiro atoms. The lowest BCUT2D eigenvalue weighted by atomic mass is 10.0. The van der Waals surface area contributed by atoms with Crippen LogP contribution >= 0.6 is 0 Å². The number of nitrogens with one attached hydrogen (secondary N) is 1. The van der Waals surface area contributed by atoms with Crippen LogP contribution in [0.15, 0.2) is 42.5 Å². The van der Waals surface area contributed by atoms with Gasteiger partial charge in [-0.1, -0.05) is 24.3 Å². The van der Waals surface area contributed by atoms with Gasteiger partial charge in [-0.05, 0) is 29.7 Å². The fourth-order valence-electron chi connectivity index (χ4n) is 3.11. The fourth-order valence-corrected chi connectivity index (χ4v) is 3.11. The lowest BCUT2D eigenvalue weighted by Gasteiger charge is -2.29. The second-order valence-corrected chi connectivity index (χ2v) is 6.08. The molecule has 1 N–H and O–H groups in total. The highest BCUT2D eigenvalue weighted by Crippen LogP contribution is 2.32. The van der Waals surface area contributed by atoms with Crippen LogP contribution in [0.5, 0.6) is 11.5 Å². The molecule has 0 atom stereocenters. The Labute approximate surface area is 141 Å². The van der Waals surface area contributed by atoms with Gasteiger partial charge in [-0.2, -0.15) is 0 Å². The minimum atomic E-state index is -0.0843. The normalized spacial score (nSPS) is 16.1. The average molecular weight is 324 g/mol. The minimum absolute atomic E-state index is 0.0843. The zero-order valence-electron chi connectivity index (χ0n) is 13.5. The summed E-state index contributed by atoms with van der Waals surface area (Å²) < 4.78 is 11.3. The molecule has 2 heterocycles. The molecule has 0 saturated heterocycles. The van der Waals surface area contributed by atoms with Crippen molar-refractivity contribution in [3.63, 3.8) is 0 Å². The van der Waals surface area contributed by atoms with Crippen LogP contribution in [0.4, 0.5) is 10.5 Å². The first-order valence-electron chi connectivity index (χ1n) is 8.32. The van der Waals surface area contributed by atoms with E-state index < -0.39 is 0 Å². The Hall–Kier alpha value is -2.69. The molecule has 0 radical (unpaired) electrons. The van der Waals surface area contributed by atoms with E-state index in [1.165, 1.54) is 11.1 Å². The zero-order chi connectivity index (χ0) is 16.4. The molecule has 0 saturated carbocycles. The number of nitrogens with zero attached hydrogens (tertiary/aromatic N) is 1. The summed E-state index contributed by atoms with van der Waals surface area (Å²) in [7, 11) is 0. The van der Waals surface area contributed by atoms with E-state index >= 15 is 0 Å². The third-order valence-corrected chi connectivity index (χ3v) is 4.42. The van der Waals surface area contributed by atoms with E-state index in [0.717, 1.165) is 30.8 Å². The van der Waals surface area contributed by atoms with E-state index in [1.807, 2.05) is 35.2 Å². The van der Waals surface area contributed by atoms with Gasteiger partial charge >= 0.3 is 6.03 Å². The van der Waals surface area contributed by atoms with E-state index in [0.29, 0.717) is 25.5 Å². The third kappa shape index (κ3) is 3.02. The van der Waals surface area contributed by atoms with Crippen molar-refractivity contribution < 1.29 is 14.3 Å². The molecule has 124 valence electrons. The Bertz CT molecular complexity index is 760. The van der Waals surface area contributed by atoms with Crippen molar-refractivity contribution in [2.75, 3.05) is 25.1 Å². The second kappa shape index (κ2) is 6.43. The number of amides is 2. The van der Waals surface area contributed by atoms with E-state index in [2.05, 4.69) is 17.4 Å². The SMILES string of the molecule is O=C(Nc1ccc2c(c1)OCCCO2)N1CCc2ccccc2C1. The third-order valence-electron chi connectivity index (χ3n) is 4.42. The molecular weight excluding hydrogens is 304 g/mol. The van der Waals surface area contributed by atoms with Gasteiger partial charge in [0, 0.05) is 31.3 Å². The van der Waals surface area contributed by atoms with Crippen LogP contribution in [0.2, 0.25) is 0 Å². The van der Waals surface area contributed by atoms with Crippen molar-refractivity contribution in [1.29, 1.82) is 0 Å². The molecule has 0 unspecified atom stereocenters. The van der Waals surface area contributed by atoms with Crippen molar-refractivity contribution >= 4 is 11.7 Å². The molecule has 4 rings (SSSR count). The number of fused-ring (bicyclic) bond motifs is 2. The summed E-state index contributed by atoms with van der Waals surface area (Å²) in [6.07, 6.45) is 1.76. The molecule has 5 nitrogen and oxygen atoms in total. The zero-order valence-corrected chi connectivity index (χ0v) is 13.5. The summed E-state index contributed by atoms with van der Waals surface area (Å²) in [5, 5.41) is 2.96. The number of rotatable bonds is 1. The van der Waals surface area contributed by atoms with Gasteiger partial charge in [-0.3, -0.25) is 0 Å². The number of ether oxygens (including phenoxy) is 2. The number of carbonyl (C=O) groups excluding carboxylic acids is 1. The highest BCUT2D eigenvalue weighted by atomic mass is 16.5. The topological polar surface area (TPSA) is 50.8 Å². The van der Waals surface area contributed by atoms with Gasteiger partial charge in [0.05, 0.1) is 13.2 Å². The number of anilines is 1. The van der Waals surface area contributed by atoms with Gasteiger partial charge in [0.1, 0.15) is 0 Å². The van der Waals surface area contributed by atoms with E-state index in [1.54, 1.807) is 0 Å². The van der Waals surface area contributed by atoms with Gasteiger partial charge in [0.15, 0.2) is 11.5 Å². The Morgan fingerprint density at radius 3 is 2.67 bits per heavy atom. The first-order valence-corrected chi connectivity index (χ1v) is 8.32. The lowest BCUT2D eigenvalue weighted by molar-refractivity contribution is 0.206. The van der Waals surface area contributed by atoms with E-state index in [-0.39, 0.29) is 6.03 Å². The standard InChI is InChI=1S/C19H20N2O3/c22-19(21-9-8-14-4-1-2-5-15(14)13-21)20-16-6-7-17-18(12-16)24-11-3-10-23-17/h1-2,4-7,12H,3,8-11,13H2,(H,20,22). The molecule has 24 heavy (non-hydrogen) atoms. The summed E-state index contributed by atoms with van der Waals surface area (Å²) in [5.41, 5.74) is 3.28. The van der Waals surface area contributed by atoms with Gasteiger partial charge in [0.2, 0.25) is 0 Å². The molecule has 0 bridgehead atoms. The quantitative estimate of drug-likeness (QED) is 0.874. The van der Waals surface area contributed by atoms with Gasteiger partial charge in [-0.15, -0.1) is 0 Å². The Kier molecular flexibility index (Phi) is 3.99. The molecule has 5 heteroatoms. The van der Waals surface area contributed by atoms with Crippen molar-refractivity contribution in [2.45, 2.75) is 19.4 Å². The number of carbonyl (C=O) groups is 1. The summed E-state index contributed by atoms with van der Waals surface area (Å²) in [5.74, 6) is 1.42.